The van der Waals surface area contributed by atoms with Crippen LogP contribution in [0.15, 0.2) is 41.7 Å². The fourth-order valence-electron chi connectivity index (χ4n) is 5.05. The van der Waals surface area contributed by atoms with E-state index < -0.39 is 5.67 Å². The van der Waals surface area contributed by atoms with Gasteiger partial charge in [-0.3, -0.25) is 4.99 Å². The first-order valence-corrected chi connectivity index (χ1v) is 11.6. The number of fused-ring (bicyclic) bond motifs is 2. The number of allylic oxidation sites excluding steroid dienone is 2. The zero-order chi connectivity index (χ0) is 23.2. The Kier molecular flexibility index (Phi) is 5.51. The smallest absolute Gasteiger partial charge is 0.224 e. The van der Waals surface area contributed by atoms with Crippen LogP contribution in [0.3, 0.4) is 0 Å². The van der Waals surface area contributed by atoms with Gasteiger partial charge in [0.1, 0.15) is 22.8 Å². The Morgan fingerprint density at radius 2 is 1.94 bits per heavy atom. The summed E-state index contributed by atoms with van der Waals surface area (Å²) in [5.74, 6) is 0.664. The maximum absolute atomic E-state index is 15.2. The lowest BCUT2D eigenvalue weighted by Gasteiger charge is -2.24. The van der Waals surface area contributed by atoms with Crippen molar-refractivity contribution in [2.45, 2.75) is 58.0 Å². The Hall–Kier alpha value is -3.09. The summed E-state index contributed by atoms with van der Waals surface area (Å²) in [6.07, 6.45) is 12.3. The molecule has 2 aliphatic rings. The predicted octanol–water partition coefficient (Wildman–Crippen LogP) is 6.86. The Morgan fingerprint density at radius 3 is 2.67 bits per heavy atom. The maximum Gasteiger partial charge on any atom is 0.224 e. The van der Waals surface area contributed by atoms with E-state index in [2.05, 4.69) is 43.5 Å². The molecule has 1 aliphatic carbocycles. The van der Waals surface area contributed by atoms with Gasteiger partial charge < -0.3 is 10.3 Å². The first-order chi connectivity index (χ1) is 15.8. The monoisotopic (exact) mass is 449 g/mol. The van der Waals surface area contributed by atoms with E-state index in [0.717, 1.165) is 53.5 Å². The standard InChI is InChI=1S/C26H29F2N5/c1-15-22(16-8-6-4-5-7-9-16)18-10-17(11-21(27)23(18)32-15)19-12-29-24-20(19)13-30-25(33-24)31-14-26(2,3)28/h4-5,10-13,16,22H,6-9,14H2,1-3H3,(H2,29,30,31,33). The molecule has 5 rings (SSSR count). The number of nitrogens with zero attached hydrogens (tertiary/aromatic N) is 3. The summed E-state index contributed by atoms with van der Waals surface area (Å²) >= 11 is 0. The fourth-order valence-corrected chi connectivity index (χ4v) is 5.05. The molecule has 0 bridgehead atoms. The predicted molar refractivity (Wildman–Crippen MR) is 130 cm³/mol. The number of aromatic nitrogens is 3. The van der Waals surface area contributed by atoms with Gasteiger partial charge in [-0.25, -0.2) is 13.8 Å². The van der Waals surface area contributed by atoms with Crippen molar-refractivity contribution >= 4 is 28.4 Å². The Morgan fingerprint density at radius 1 is 1.18 bits per heavy atom. The number of rotatable bonds is 5. The third kappa shape index (κ3) is 4.28. The number of halogens is 2. The zero-order valence-corrected chi connectivity index (χ0v) is 19.3. The number of H-pyrrole nitrogens is 1. The number of aromatic amines is 1. The van der Waals surface area contributed by atoms with E-state index >= 15 is 4.39 Å². The second-order valence-electron chi connectivity index (χ2n) is 9.74. The van der Waals surface area contributed by atoms with E-state index in [1.807, 2.05) is 13.1 Å². The quantitative estimate of drug-likeness (QED) is 0.418. The second kappa shape index (κ2) is 8.36. The molecule has 0 fully saturated rings. The van der Waals surface area contributed by atoms with E-state index in [4.69, 9.17) is 0 Å². The van der Waals surface area contributed by atoms with Crippen molar-refractivity contribution in [3.63, 3.8) is 0 Å². The molecule has 0 spiro atoms. The highest BCUT2D eigenvalue weighted by Crippen LogP contribution is 2.46. The summed E-state index contributed by atoms with van der Waals surface area (Å²) in [7, 11) is 0. The lowest BCUT2D eigenvalue weighted by atomic mass is 9.79. The van der Waals surface area contributed by atoms with Gasteiger partial charge in [-0.2, -0.15) is 4.98 Å². The lowest BCUT2D eigenvalue weighted by Crippen LogP contribution is -2.25. The van der Waals surface area contributed by atoms with E-state index in [0.29, 0.717) is 23.2 Å². The fraction of sp³-hybridized carbons (Fsp3) is 0.423. The van der Waals surface area contributed by atoms with Crippen LogP contribution in [0, 0.1) is 11.7 Å². The summed E-state index contributed by atoms with van der Waals surface area (Å²) in [4.78, 5) is 16.6. The van der Waals surface area contributed by atoms with Crippen LogP contribution in [0.4, 0.5) is 20.4 Å². The number of benzene rings is 1. The second-order valence-corrected chi connectivity index (χ2v) is 9.74. The van der Waals surface area contributed by atoms with Gasteiger partial charge in [0.2, 0.25) is 5.95 Å². The molecule has 1 aliphatic heterocycles. The normalized spacial score (nSPS) is 18.9. The number of alkyl halides is 1. The highest BCUT2D eigenvalue weighted by molar-refractivity contribution is 5.99. The molecule has 5 nitrogen and oxygen atoms in total. The Bertz CT molecular complexity index is 1240. The molecular weight excluding hydrogens is 420 g/mol. The minimum absolute atomic E-state index is 0.111. The molecule has 33 heavy (non-hydrogen) atoms. The molecule has 3 aromatic rings. The Labute approximate surface area is 192 Å². The van der Waals surface area contributed by atoms with Gasteiger partial charge in [0, 0.05) is 35.0 Å². The summed E-state index contributed by atoms with van der Waals surface area (Å²) in [6.45, 7) is 5.13. The minimum Gasteiger partial charge on any atom is -0.351 e. The van der Waals surface area contributed by atoms with Crippen LogP contribution < -0.4 is 5.32 Å². The van der Waals surface area contributed by atoms with Crippen molar-refractivity contribution in [1.82, 2.24) is 15.0 Å². The molecule has 2 N–H and O–H groups in total. The van der Waals surface area contributed by atoms with E-state index in [1.54, 1.807) is 12.3 Å². The van der Waals surface area contributed by atoms with Gasteiger partial charge in [-0.1, -0.05) is 12.2 Å². The van der Waals surface area contributed by atoms with Crippen molar-refractivity contribution in [1.29, 1.82) is 0 Å². The molecule has 172 valence electrons. The number of aliphatic imine (C=N–C) groups is 1. The molecule has 1 atom stereocenters. The molecule has 3 heterocycles. The van der Waals surface area contributed by atoms with Crippen LogP contribution in [0.2, 0.25) is 0 Å². The largest absolute Gasteiger partial charge is 0.351 e. The first-order valence-electron chi connectivity index (χ1n) is 11.6. The zero-order valence-electron chi connectivity index (χ0n) is 19.3. The topological polar surface area (TPSA) is 66.0 Å². The molecule has 0 amide bonds. The number of hydrogen-bond acceptors (Lipinski definition) is 4. The van der Waals surface area contributed by atoms with Gasteiger partial charge in [0.15, 0.2) is 0 Å². The SMILES string of the molecule is CC1=Nc2c(F)cc(-c3c[nH]c4nc(NCC(C)(C)F)ncc34)cc2C1C1CCC=CCC1. The van der Waals surface area contributed by atoms with Gasteiger partial charge in [-0.15, -0.1) is 0 Å². The van der Waals surface area contributed by atoms with Gasteiger partial charge >= 0.3 is 0 Å². The number of nitrogens with one attached hydrogen (secondary N) is 2. The van der Waals surface area contributed by atoms with Gasteiger partial charge in [0.25, 0.3) is 0 Å². The molecular formula is C26H29F2N5. The Balaban J connectivity index is 1.49. The van der Waals surface area contributed by atoms with Crippen LogP contribution in [-0.4, -0.2) is 32.9 Å². The number of anilines is 1. The van der Waals surface area contributed by atoms with Crippen molar-refractivity contribution < 1.29 is 8.78 Å². The third-order valence-electron chi connectivity index (χ3n) is 6.62. The van der Waals surface area contributed by atoms with Gasteiger partial charge in [-0.05, 0) is 75.6 Å². The average Bonchev–Trinajstić information content (AvgIpc) is 3.22. The molecule has 1 unspecified atom stereocenters. The summed E-state index contributed by atoms with van der Waals surface area (Å²) in [5.41, 5.74) is 3.34. The number of hydrogen-bond donors (Lipinski definition) is 2. The van der Waals surface area contributed by atoms with Crippen LogP contribution in [-0.2, 0) is 0 Å². The van der Waals surface area contributed by atoms with Crippen LogP contribution in [0.25, 0.3) is 22.2 Å². The maximum atomic E-state index is 15.2. The molecule has 0 saturated heterocycles. The minimum atomic E-state index is -1.37. The van der Waals surface area contributed by atoms with Crippen molar-refractivity contribution in [3.8, 4) is 11.1 Å². The summed E-state index contributed by atoms with van der Waals surface area (Å²) in [6, 6.07) is 3.63. The van der Waals surface area contributed by atoms with E-state index in [-0.39, 0.29) is 18.3 Å². The summed E-state index contributed by atoms with van der Waals surface area (Å²) < 4.78 is 29.0. The summed E-state index contributed by atoms with van der Waals surface area (Å²) in [5, 5.41) is 3.72. The van der Waals surface area contributed by atoms with Crippen LogP contribution >= 0.6 is 0 Å². The highest BCUT2D eigenvalue weighted by Gasteiger charge is 2.33. The average molecular weight is 450 g/mol. The molecule has 7 heteroatoms. The molecule has 0 saturated carbocycles. The molecule has 0 radical (unpaired) electrons. The lowest BCUT2D eigenvalue weighted by molar-refractivity contribution is 0.234. The molecule has 1 aromatic carbocycles. The van der Waals surface area contributed by atoms with Crippen LogP contribution in [0.5, 0.6) is 0 Å². The third-order valence-corrected chi connectivity index (χ3v) is 6.62. The first kappa shape index (κ1) is 21.7. The van der Waals surface area contributed by atoms with Crippen molar-refractivity contribution in [2.75, 3.05) is 11.9 Å². The van der Waals surface area contributed by atoms with Gasteiger partial charge in [0.05, 0.1) is 6.54 Å². The van der Waals surface area contributed by atoms with Crippen LogP contribution in [0.1, 0.15) is 57.9 Å². The molecule has 2 aromatic heterocycles. The van der Waals surface area contributed by atoms with E-state index in [1.165, 1.54) is 13.8 Å². The van der Waals surface area contributed by atoms with E-state index in [9.17, 15) is 4.39 Å². The van der Waals surface area contributed by atoms with Crippen molar-refractivity contribution in [2.24, 2.45) is 10.9 Å². The van der Waals surface area contributed by atoms with Crippen molar-refractivity contribution in [3.05, 3.63) is 48.1 Å². The highest BCUT2D eigenvalue weighted by atomic mass is 19.1.